The molecule has 5 nitrogen and oxygen atoms in total. The molecule has 0 fully saturated rings. The summed E-state index contributed by atoms with van der Waals surface area (Å²) in [4.78, 5) is 10.1. The van der Waals surface area contributed by atoms with Crippen LogP contribution in [0.2, 0.25) is 0 Å². The van der Waals surface area contributed by atoms with Gasteiger partial charge < -0.3 is 10.2 Å². The van der Waals surface area contributed by atoms with Crippen LogP contribution in [0.1, 0.15) is 11.1 Å². The number of benzene rings is 2. The minimum Gasteiger partial charge on any atom is -0.504 e. The summed E-state index contributed by atoms with van der Waals surface area (Å²) in [6, 6.07) is 10.7. The molecule has 0 unspecified atom stereocenters. The van der Waals surface area contributed by atoms with Crippen molar-refractivity contribution in [2.45, 2.75) is 0 Å². The van der Waals surface area contributed by atoms with Crippen molar-refractivity contribution < 1.29 is 15.1 Å². The van der Waals surface area contributed by atoms with Gasteiger partial charge in [-0.25, -0.2) is 0 Å². The Labute approximate surface area is 121 Å². The highest BCUT2D eigenvalue weighted by Gasteiger charge is 2.01. The summed E-state index contributed by atoms with van der Waals surface area (Å²) in [6.45, 7) is 0. The third-order valence-corrected chi connectivity index (χ3v) is 2.79. The molecule has 0 radical (unpaired) electrons. The van der Waals surface area contributed by atoms with Crippen molar-refractivity contribution in [2.75, 3.05) is 0 Å². The molecule has 2 aromatic carbocycles. The zero-order valence-corrected chi connectivity index (χ0v) is 11.0. The Kier molecular flexibility index (Phi) is 4.36. The van der Waals surface area contributed by atoms with E-state index in [4.69, 9.17) is 0 Å². The molecule has 0 aliphatic rings. The van der Waals surface area contributed by atoms with E-state index in [1.54, 1.807) is 42.5 Å². The lowest BCUT2D eigenvalue weighted by atomic mass is 10.1. The number of aromatic hydroxyl groups is 2. The molecule has 2 rings (SSSR count). The van der Waals surface area contributed by atoms with Gasteiger partial charge >= 0.3 is 0 Å². The molecule has 0 atom stereocenters. The van der Waals surface area contributed by atoms with E-state index in [0.717, 1.165) is 11.1 Å². The molecule has 0 aromatic heterocycles. The molecule has 0 bridgehead atoms. The highest BCUT2D eigenvalue weighted by molar-refractivity contribution is 5.60. The van der Waals surface area contributed by atoms with Crippen LogP contribution in [-0.2, 0) is 0 Å². The lowest BCUT2D eigenvalue weighted by Gasteiger charge is -1.97. The Morgan fingerprint density at radius 3 is 2.00 bits per heavy atom. The van der Waals surface area contributed by atoms with E-state index in [-0.39, 0.29) is 17.2 Å². The first-order valence-corrected chi connectivity index (χ1v) is 6.17. The van der Waals surface area contributed by atoms with Gasteiger partial charge in [-0.05, 0) is 35.4 Å². The summed E-state index contributed by atoms with van der Waals surface area (Å²) in [5.41, 5.74) is 1.65. The van der Waals surface area contributed by atoms with E-state index in [0.29, 0.717) is 0 Å². The fourth-order valence-electron chi connectivity index (χ4n) is 1.68. The van der Waals surface area contributed by atoms with E-state index < -0.39 is 4.92 Å². The van der Waals surface area contributed by atoms with Crippen molar-refractivity contribution in [3.8, 4) is 11.5 Å². The van der Waals surface area contributed by atoms with E-state index in [2.05, 4.69) is 0 Å². The van der Waals surface area contributed by atoms with Gasteiger partial charge in [0, 0.05) is 12.1 Å². The molecule has 0 heterocycles. The number of hydrogen-bond acceptors (Lipinski definition) is 4. The molecule has 0 amide bonds. The van der Waals surface area contributed by atoms with Gasteiger partial charge in [0.15, 0.2) is 11.5 Å². The summed E-state index contributed by atoms with van der Waals surface area (Å²) in [5.74, 6) is -0.329. The smallest absolute Gasteiger partial charge is 0.269 e. The summed E-state index contributed by atoms with van der Waals surface area (Å²) < 4.78 is 0. The summed E-state index contributed by atoms with van der Waals surface area (Å²) >= 11 is 0. The lowest BCUT2D eigenvalue weighted by Crippen LogP contribution is -1.86. The molecular formula is C16H13NO4. The molecule has 0 spiro atoms. The van der Waals surface area contributed by atoms with Crippen LogP contribution >= 0.6 is 0 Å². The minimum atomic E-state index is -0.440. The Bertz CT molecular complexity index is 703. The molecule has 21 heavy (non-hydrogen) atoms. The maximum atomic E-state index is 10.5. The molecule has 0 saturated heterocycles. The van der Waals surface area contributed by atoms with Crippen LogP contribution in [0.25, 0.3) is 12.2 Å². The second kappa shape index (κ2) is 6.38. The van der Waals surface area contributed by atoms with E-state index in [1.807, 2.05) is 0 Å². The minimum absolute atomic E-state index is 0.0576. The largest absolute Gasteiger partial charge is 0.504 e. The van der Waals surface area contributed by atoms with Crippen LogP contribution in [0, 0.1) is 10.1 Å². The average Bonchev–Trinajstić information content (AvgIpc) is 2.47. The molecular weight excluding hydrogens is 270 g/mol. The zero-order valence-electron chi connectivity index (χ0n) is 11.0. The van der Waals surface area contributed by atoms with Crippen molar-refractivity contribution in [1.29, 1.82) is 0 Å². The molecule has 0 aliphatic carbocycles. The normalized spacial score (nSPS) is 11.2. The monoisotopic (exact) mass is 283 g/mol. The summed E-state index contributed by atoms with van der Waals surface area (Å²) in [5, 5.41) is 29.1. The van der Waals surface area contributed by atoms with Crippen molar-refractivity contribution in [3.05, 3.63) is 75.9 Å². The second-order valence-corrected chi connectivity index (χ2v) is 4.32. The first kappa shape index (κ1) is 14.3. The number of allylic oxidation sites excluding steroid dienone is 2. The molecule has 2 aromatic rings. The predicted molar refractivity (Wildman–Crippen MR) is 80.9 cm³/mol. The topological polar surface area (TPSA) is 83.6 Å². The number of nitro groups is 1. The maximum absolute atomic E-state index is 10.5. The number of phenolic OH excluding ortho intramolecular Hbond substituents is 2. The van der Waals surface area contributed by atoms with Gasteiger partial charge in [0.25, 0.3) is 5.69 Å². The Balaban J connectivity index is 2.02. The van der Waals surface area contributed by atoms with Gasteiger partial charge in [0.2, 0.25) is 0 Å². The van der Waals surface area contributed by atoms with Gasteiger partial charge in [-0.15, -0.1) is 0 Å². The third kappa shape index (κ3) is 3.94. The number of nitrogens with zero attached hydrogens (tertiary/aromatic N) is 1. The van der Waals surface area contributed by atoms with Gasteiger partial charge in [0.05, 0.1) is 4.92 Å². The number of nitro benzene ring substituents is 1. The van der Waals surface area contributed by atoms with Gasteiger partial charge in [0.1, 0.15) is 0 Å². The molecule has 5 heteroatoms. The predicted octanol–water partition coefficient (Wildman–Crippen LogP) is 3.73. The van der Waals surface area contributed by atoms with Crippen LogP contribution in [0.5, 0.6) is 11.5 Å². The number of hydrogen-bond donors (Lipinski definition) is 2. The van der Waals surface area contributed by atoms with E-state index in [9.17, 15) is 20.3 Å². The maximum Gasteiger partial charge on any atom is 0.269 e. The summed E-state index contributed by atoms with van der Waals surface area (Å²) in [6.07, 6.45) is 7.12. The second-order valence-electron chi connectivity index (χ2n) is 4.32. The van der Waals surface area contributed by atoms with E-state index >= 15 is 0 Å². The van der Waals surface area contributed by atoms with Crippen molar-refractivity contribution in [3.63, 3.8) is 0 Å². The number of non-ortho nitro benzene ring substituents is 1. The highest BCUT2D eigenvalue weighted by Crippen LogP contribution is 2.25. The third-order valence-electron chi connectivity index (χ3n) is 2.79. The molecule has 2 N–H and O–H groups in total. The average molecular weight is 283 g/mol. The SMILES string of the molecule is O=[N+]([O-])c1ccc(/C=C/C=C/c2ccc(O)c(O)c2)cc1. The Hall–Kier alpha value is -3.08. The number of rotatable bonds is 4. The molecule has 0 saturated carbocycles. The van der Waals surface area contributed by atoms with Crippen LogP contribution in [0.15, 0.2) is 54.6 Å². The zero-order chi connectivity index (χ0) is 15.2. The first-order chi connectivity index (χ1) is 10.1. The quantitative estimate of drug-likeness (QED) is 0.387. The van der Waals surface area contributed by atoms with Crippen LogP contribution in [-0.4, -0.2) is 15.1 Å². The van der Waals surface area contributed by atoms with Crippen LogP contribution < -0.4 is 0 Å². The van der Waals surface area contributed by atoms with Crippen LogP contribution in [0.4, 0.5) is 5.69 Å². The fourth-order valence-corrected chi connectivity index (χ4v) is 1.68. The van der Waals surface area contributed by atoms with Gasteiger partial charge in [-0.3, -0.25) is 10.1 Å². The Morgan fingerprint density at radius 2 is 1.43 bits per heavy atom. The summed E-state index contributed by atoms with van der Waals surface area (Å²) in [7, 11) is 0. The fraction of sp³-hybridized carbons (Fsp3) is 0. The van der Waals surface area contributed by atoms with E-state index in [1.165, 1.54) is 24.3 Å². The molecule has 0 aliphatic heterocycles. The number of phenols is 2. The highest BCUT2D eigenvalue weighted by atomic mass is 16.6. The first-order valence-electron chi connectivity index (χ1n) is 6.17. The Morgan fingerprint density at radius 1 is 0.857 bits per heavy atom. The standard InChI is InChI=1S/C16H13NO4/c18-15-10-7-13(11-16(15)19)4-2-1-3-12-5-8-14(9-6-12)17(20)21/h1-11,18-19H/b3-1+,4-2+. The lowest BCUT2D eigenvalue weighted by molar-refractivity contribution is -0.384. The van der Waals surface area contributed by atoms with Crippen molar-refractivity contribution in [1.82, 2.24) is 0 Å². The van der Waals surface area contributed by atoms with Crippen LogP contribution in [0.3, 0.4) is 0 Å². The van der Waals surface area contributed by atoms with Crippen molar-refractivity contribution in [2.24, 2.45) is 0 Å². The van der Waals surface area contributed by atoms with Gasteiger partial charge in [-0.1, -0.05) is 30.4 Å². The molecule has 106 valence electrons. The van der Waals surface area contributed by atoms with Gasteiger partial charge in [-0.2, -0.15) is 0 Å². The van der Waals surface area contributed by atoms with Crippen molar-refractivity contribution >= 4 is 17.8 Å².